The third-order valence-electron chi connectivity index (χ3n) is 1.84. The van der Waals surface area contributed by atoms with Gasteiger partial charge in [0, 0.05) is 6.07 Å². The maximum atomic E-state index is 12.8. The standard InChI is InChI=1S/C8H3F4N3O/c9-4-1-2-5-6(3-4)15(14-13-5)7(16)8(10,11)12/h1-3H. The van der Waals surface area contributed by atoms with E-state index in [2.05, 4.69) is 10.3 Å². The predicted molar refractivity (Wildman–Crippen MR) is 44.2 cm³/mol. The lowest BCUT2D eigenvalue weighted by atomic mass is 10.3. The van der Waals surface area contributed by atoms with Crippen LogP contribution in [0.1, 0.15) is 4.79 Å². The van der Waals surface area contributed by atoms with Gasteiger partial charge in [0.15, 0.2) is 0 Å². The van der Waals surface area contributed by atoms with Gasteiger partial charge in [-0.2, -0.15) is 17.9 Å². The van der Waals surface area contributed by atoms with E-state index in [0.717, 1.165) is 18.2 Å². The Bertz CT molecular complexity index is 560. The number of hydrogen-bond donors (Lipinski definition) is 0. The summed E-state index contributed by atoms with van der Waals surface area (Å²) in [5, 5.41) is 6.35. The van der Waals surface area contributed by atoms with E-state index in [0.29, 0.717) is 0 Å². The summed E-state index contributed by atoms with van der Waals surface area (Å²) in [6, 6.07) is 2.91. The van der Waals surface area contributed by atoms with E-state index in [1.54, 1.807) is 0 Å². The number of carbonyl (C=O) groups excluding carboxylic acids is 1. The lowest BCUT2D eigenvalue weighted by Crippen LogP contribution is -2.29. The first kappa shape index (κ1) is 10.5. The number of nitrogens with zero attached hydrogens (tertiary/aromatic N) is 3. The summed E-state index contributed by atoms with van der Waals surface area (Å²) in [5.41, 5.74) is -0.304. The minimum atomic E-state index is -5.08. The molecule has 84 valence electrons. The molecule has 1 aromatic carbocycles. The molecule has 0 amide bonds. The molecule has 0 radical (unpaired) electrons. The number of halogens is 4. The average Bonchev–Trinajstić information content (AvgIpc) is 2.57. The predicted octanol–water partition coefficient (Wildman–Crippen LogP) is 1.77. The number of hydrogen-bond acceptors (Lipinski definition) is 3. The average molecular weight is 233 g/mol. The van der Waals surface area contributed by atoms with Gasteiger partial charge in [0.1, 0.15) is 16.9 Å². The number of carbonyl (C=O) groups is 1. The van der Waals surface area contributed by atoms with Crippen molar-refractivity contribution >= 4 is 16.9 Å². The first-order valence-corrected chi connectivity index (χ1v) is 4.02. The number of fused-ring (bicyclic) bond motifs is 1. The van der Waals surface area contributed by atoms with Gasteiger partial charge >= 0.3 is 12.1 Å². The first-order valence-electron chi connectivity index (χ1n) is 4.02. The summed E-state index contributed by atoms with van der Waals surface area (Å²) in [6.45, 7) is 0. The van der Waals surface area contributed by atoms with Crippen LogP contribution in [0.2, 0.25) is 0 Å². The van der Waals surface area contributed by atoms with Gasteiger partial charge in [-0.1, -0.05) is 5.21 Å². The van der Waals surface area contributed by atoms with Crippen LogP contribution in [0.15, 0.2) is 18.2 Å². The topological polar surface area (TPSA) is 47.8 Å². The second kappa shape index (κ2) is 3.26. The monoisotopic (exact) mass is 233 g/mol. The van der Waals surface area contributed by atoms with Crippen molar-refractivity contribution in [3.05, 3.63) is 24.0 Å². The van der Waals surface area contributed by atoms with Gasteiger partial charge in [0.2, 0.25) is 0 Å². The van der Waals surface area contributed by atoms with Gasteiger partial charge in [0.25, 0.3) is 0 Å². The maximum absolute atomic E-state index is 12.8. The highest BCUT2D eigenvalue weighted by Crippen LogP contribution is 2.20. The van der Waals surface area contributed by atoms with E-state index in [9.17, 15) is 22.4 Å². The van der Waals surface area contributed by atoms with Crippen LogP contribution in [0, 0.1) is 5.82 Å². The minimum Gasteiger partial charge on any atom is -0.262 e. The van der Waals surface area contributed by atoms with Crippen molar-refractivity contribution in [1.29, 1.82) is 0 Å². The number of benzene rings is 1. The summed E-state index contributed by atoms with van der Waals surface area (Å²) < 4.78 is 49.1. The van der Waals surface area contributed by atoms with Crippen LogP contribution >= 0.6 is 0 Å². The Morgan fingerprint density at radius 2 is 2.00 bits per heavy atom. The molecule has 0 spiro atoms. The molecule has 0 unspecified atom stereocenters. The fourth-order valence-corrected chi connectivity index (χ4v) is 1.16. The van der Waals surface area contributed by atoms with Crippen molar-refractivity contribution < 1.29 is 22.4 Å². The maximum Gasteiger partial charge on any atom is 0.473 e. The van der Waals surface area contributed by atoms with Gasteiger partial charge in [0.05, 0.1) is 0 Å². The van der Waals surface area contributed by atoms with Gasteiger partial charge in [-0.05, 0) is 12.1 Å². The highest BCUT2D eigenvalue weighted by Gasteiger charge is 2.41. The third kappa shape index (κ3) is 1.62. The van der Waals surface area contributed by atoms with Crippen LogP contribution in [0.3, 0.4) is 0 Å². The SMILES string of the molecule is O=C(n1nnc2ccc(F)cc21)C(F)(F)F. The van der Waals surface area contributed by atoms with Crippen molar-refractivity contribution in [2.75, 3.05) is 0 Å². The van der Waals surface area contributed by atoms with Crippen LogP contribution in [0.4, 0.5) is 17.6 Å². The Morgan fingerprint density at radius 3 is 2.62 bits per heavy atom. The molecule has 4 nitrogen and oxygen atoms in total. The molecule has 0 saturated carbocycles. The van der Waals surface area contributed by atoms with Gasteiger partial charge < -0.3 is 0 Å². The smallest absolute Gasteiger partial charge is 0.262 e. The number of rotatable bonds is 0. The van der Waals surface area contributed by atoms with Crippen LogP contribution in [0.5, 0.6) is 0 Å². The quantitative estimate of drug-likeness (QED) is 0.651. The zero-order valence-corrected chi connectivity index (χ0v) is 7.49. The summed E-state index contributed by atoms with van der Waals surface area (Å²) >= 11 is 0. The van der Waals surface area contributed by atoms with Gasteiger partial charge in [-0.25, -0.2) is 4.39 Å². The zero-order valence-electron chi connectivity index (χ0n) is 7.49. The van der Waals surface area contributed by atoms with E-state index in [1.807, 2.05) is 0 Å². The normalized spacial score (nSPS) is 12.0. The fourth-order valence-electron chi connectivity index (χ4n) is 1.16. The molecular formula is C8H3F4N3O. The summed E-state index contributed by atoms with van der Waals surface area (Å²) in [5.74, 6) is -2.98. The molecular weight excluding hydrogens is 230 g/mol. The molecule has 2 rings (SSSR count). The van der Waals surface area contributed by atoms with E-state index in [4.69, 9.17) is 0 Å². The summed E-state index contributed by atoms with van der Waals surface area (Å²) in [4.78, 5) is 10.9. The van der Waals surface area contributed by atoms with Crippen LogP contribution in [-0.2, 0) is 0 Å². The molecule has 8 heteroatoms. The minimum absolute atomic E-state index is 0.0130. The molecule has 1 heterocycles. The summed E-state index contributed by atoms with van der Waals surface area (Å²) in [6.07, 6.45) is -5.08. The Morgan fingerprint density at radius 1 is 1.31 bits per heavy atom. The number of aromatic nitrogens is 3. The lowest BCUT2D eigenvalue weighted by molar-refractivity contribution is -0.0953. The largest absolute Gasteiger partial charge is 0.473 e. The number of alkyl halides is 3. The van der Waals surface area contributed by atoms with E-state index >= 15 is 0 Å². The Kier molecular flexibility index (Phi) is 2.14. The molecule has 1 aromatic heterocycles. The van der Waals surface area contributed by atoms with Crippen LogP contribution in [0.25, 0.3) is 11.0 Å². The molecule has 0 bridgehead atoms. The second-order valence-electron chi connectivity index (χ2n) is 2.94. The molecule has 0 atom stereocenters. The van der Waals surface area contributed by atoms with E-state index < -0.39 is 17.9 Å². The van der Waals surface area contributed by atoms with Gasteiger partial charge in [-0.3, -0.25) is 4.79 Å². The molecule has 2 aromatic rings. The Labute approximate surface area is 85.5 Å². The van der Waals surface area contributed by atoms with Crippen molar-refractivity contribution in [3.63, 3.8) is 0 Å². The van der Waals surface area contributed by atoms with Crippen LogP contribution < -0.4 is 0 Å². The van der Waals surface area contributed by atoms with Crippen LogP contribution in [-0.4, -0.2) is 27.1 Å². The molecule has 0 N–H and O–H groups in total. The van der Waals surface area contributed by atoms with Crippen molar-refractivity contribution in [2.24, 2.45) is 0 Å². The summed E-state index contributed by atoms with van der Waals surface area (Å²) in [7, 11) is 0. The van der Waals surface area contributed by atoms with E-state index in [1.165, 1.54) is 0 Å². The van der Waals surface area contributed by atoms with Crippen molar-refractivity contribution in [1.82, 2.24) is 15.0 Å². The molecule has 0 aliphatic heterocycles. The Balaban J connectivity index is 2.62. The molecule has 0 saturated heterocycles. The second-order valence-corrected chi connectivity index (χ2v) is 2.94. The van der Waals surface area contributed by atoms with E-state index in [-0.39, 0.29) is 15.7 Å². The Hall–Kier alpha value is -1.99. The molecule has 0 aliphatic rings. The van der Waals surface area contributed by atoms with Crippen molar-refractivity contribution in [3.8, 4) is 0 Å². The molecule has 0 fully saturated rings. The zero-order chi connectivity index (χ0) is 11.9. The molecule has 0 aliphatic carbocycles. The highest BCUT2D eigenvalue weighted by molar-refractivity contribution is 5.91. The fraction of sp³-hybridized carbons (Fsp3) is 0.125. The first-order chi connectivity index (χ1) is 7.39. The van der Waals surface area contributed by atoms with Crippen molar-refractivity contribution in [2.45, 2.75) is 6.18 Å². The lowest BCUT2D eigenvalue weighted by Gasteiger charge is -2.04. The van der Waals surface area contributed by atoms with Gasteiger partial charge in [-0.15, -0.1) is 5.10 Å². The molecule has 16 heavy (non-hydrogen) atoms. The highest BCUT2D eigenvalue weighted by atomic mass is 19.4. The third-order valence-corrected chi connectivity index (χ3v) is 1.84.